The van der Waals surface area contributed by atoms with E-state index in [1.807, 2.05) is 32.2 Å². The minimum Gasteiger partial charge on any atom is -0.493 e. The lowest BCUT2D eigenvalue weighted by atomic mass is 10.1. The second kappa shape index (κ2) is 9.20. The lowest BCUT2D eigenvalue weighted by Crippen LogP contribution is -3.14. The largest absolute Gasteiger partial charge is 0.493 e. The van der Waals surface area contributed by atoms with Gasteiger partial charge in [-0.2, -0.15) is 0 Å². The van der Waals surface area contributed by atoms with E-state index in [-0.39, 0.29) is 17.8 Å². The minimum absolute atomic E-state index is 0.0959. The maximum Gasteiger partial charge on any atom is 0.282 e. The fraction of sp³-hybridized carbons (Fsp3) is 0.350. The summed E-state index contributed by atoms with van der Waals surface area (Å²) in [6.45, 7) is 2.66. The second-order valence-electron chi connectivity index (χ2n) is 6.25. The van der Waals surface area contributed by atoms with Crippen LogP contribution in [0.2, 0.25) is 0 Å². The van der Waals surface area contributed by atoms with Crippen LogP contribution in [0.4, 0.5) is 10.1 Å². The van der Waals surface area contributed by atoms with E-state index in [1.54, 1.807) is 26.4 Å². The van der Waals surface area contributed by atoms with Gasteiger partial charge in [0.05, 0.1) is 27.8 Å². The highest BCUT2D eigenvalue weighted by Crippen LogP contribution is 2.27. The molecule has 0 aliphatic rings. The molecule has 0 saturated heterocycles. The summed E-state index contributed by atoms with van der Waals surface area (Å²) in [7, 11) is 5.20. The first-order valence-electron chi connectivity index (χ1n) is 8.54. The van der Waals surface area contributed by atoms with Crippen LogP contribution in [-0.2, 0) is 11.2 Å². The molecule has 5 nitrogen and oxygen atoms in total. The van der Waals surface area contributed by atoms with E-state index in [0.29, 0.717) is 17.2 Å². The highest BCUT2D eigenvalue weighted by atomic mass is 19.1. The topological polar surface area (TPSA) is 52.0 Å². The Morgan fingerprint density at radius 3 is 2.38 bits per heavy atom. The molecule has 1 unspecified atom stereocenters. The first kappa shape index (κ1) is 19.7. The smallest absolute Gasteiger partial charge is 0.282 e. The van der Waals surface area contributed by atoms with Gasteiger partial charge in [0.2, 0.25) is 0 Å². The van der Waals surface area contributed by atoms with Gasteiger partial charge in [-0.15, -0.1) is 0 Å². The zero-order valence-electron chi connectivity index (χ0n) is 15.6. The molecule has 0 heterocycles. The van der Waals surface area contributed by atoms with Crippen LogP contribution in [0.1, 0.15) is 12.5 Å². The van der Waals surface area contributed by atoms with Crippen LogP contribution in [0, 0.1) is 5.82 Å². The van der Waals surface area contributed by atoms with Gasteiger partial charge in [0, 0.05) is 12.1 Å². The van der Waals surface area contributed by atoms with Gasteiger partial charge in [-0.1, -0.05) is 6.07 Å². The van der Waals surface area contributed by atoms with Gasteiger partial charge in [0.15, 0.2) is 17.5 Å². The zero-order chi connectivity index (χ0) is 19.1. The molecule has 2 rings (SSSR count). The van der Waals surface area contributed by atoms with E-state index in [1.165, 1.54) is 12.1 Å². The van der Waals surface area contributed by atoms with Crippen LogP contribution in [-0.4, -0.2) is 39.8 Å². The minimum atomic E-state index is -0.325. The molecule has 6 heteroatoms. The SMILES string of the molecule is COc1ccc(CC[NH+](C)[C@H](C)C(=O)Nc2ccc(F)cc2)cc1OC. The van der Waals surface area contributed by atoms with Crippen LogP contribution < -0.4 is 19.7 Å². The number of rotatable bonds is 8. The number of amides is 1. The summed E-state index contributed by atoms with van der Waals surface area (Å²) in [4.78, 5) is 13.5. The maximum atomic E-state index is 12.9. The van der Waals surface area contributed by atoms with E-state index in [2.05, 4.69) is 5.32 Å². The van der Waals surface area contributed by atoms with Crippen molar-refractivity contribution in [3.05, 3.63) is 53.8 Å². The lowest BCUT2D eigenvalue weighted by Gasteiger charge is -2.21. The van der Waals surface area contributed by atoms with E-state index >= 15 is 0 Å². The van der Waals surface area contributed by atoms with Gasteiger partial charge < -0.3 is 19.7 Å². The summed E-state index contributed by atoms with van der Waals surface area (Å²) in [5.74, 6) is 0.976. The maximum absolute atomic E-state index is 12.9. The summed E-state index contributed by atoms with van der Waals surface area (Å²) < 4.78 is 23.5. The average Bonchev–Trinajstić information content (AvgIpc) is 2.66. The van der Waals surface area contributed by atoms with Gasteiger partial charge in [-0.3, -0.25) is 4.79 Å². The first-order valence-corrected chi connectivity index (χ1v) is 8.54. The third-order valence-corrected chi connectivity index (χ3v) is 4.50. The van der Waals surface area contributed by atoms with E-state index < -0.39 is 0 Å². The predicted molar refractivity (Wildman–Crippen MR) is 99.5 cm³/mol. The normalized spacial score (nSPS) is 13.0. The molecule has 0 spiro atoms. The molecule has 2 aromatic rings. The number of anilines is 1. The lowest BCUT2D eigenvalue weighted by molar-refractivity contribution is -0.893. The number of carbonyl (C=O) groups is 1. The van der Waals surface area contributed by atoms with Crippen molar-refractivity contribution in [3.63, 3.8) is 0 Å². The third kappa shape index (κ3) is 5.20. The summed E-state index contributed by atoms with van der Waals surface area (Å²) >= 11 is 0. The van der Waals surface area contributed by atoms with Crippen molar-refractivity contribution in [2.75, 3.05) is 33.1 Å². The van der Waals surface area contributed by atoms with Crippen LogP contribution in [0.15, 0.2) is 42.5 Å². The number of methoxy groups -OCH3 is 2. The Kier molecular flexibility index (Phi) is 6.97. The molecule has 2 atom stereocenters. The number of nitrogens with one attached hydrogen (secondary N) is 2. The Morgan fingerprint density at radius 1 is 1.12 bits per heavy atom. The number of ether oxygens (including phenoxy) is 2. The van der Waals surface area contributed by atoms with Crippen LogP contribution in [0.25, 0.3) is 0 Å². The molecular formula is C20H26FN2O3+. The Morgan fingerprint density at radius 2 is 1.77 bits per heavy atom. The van der Waals surface area contributed by atoms with Crippen molar-refractivity contribution in [2.45, 2.75) is 19.4 Å². The molecule has 140 valence electrons. The van der Waals surface area contributed by atoms with Crippen molar-refractivity contribution >= 4 is 11.6 Å². The summed E-state index contributed by atoms with van der Waals surface area (Å²) in [5.41, 5.74) is 1.71. The zero-order valence-corrected chi connectivity index (χ0v) is 15.6. The summed E-state index contributed by atoms with van der Waals surface area (Å²) in [5, 5.41) is 2.82. The van der Waals surface area contributed by atoms with Crippen molar-refractivity contribution in [1.29, 1.82) is 0 Å². The molecule has 2 aromatic carbocycles. The fourth-order valence-corrected chi connectivity index (χ4v) is 2.60. The number of likely N-dealkylation sites (N-methyl/N-ethyl adjacent to an activating group) is 1. The van der Waals surface area contributed by atoms with Crippen LogP contribution >= 0.6 is 0 Å². The number of benzene rings is 2. The molecule has 1 amide bonds. The van der Waals surface area contributed by atoms with Crippen molar-refractivity contribution in [3.8, 4) is 11.5 Å². The van der Waals surface area contributed by atoms with Gasteiger partial charge in [-0.05, 0) is 48.9 Å². The number of halogens is 1. The molecule has 26 heavy (non-hydrogen) atoms. The van der Waals surface area contributed by atoms with E-state index in [9.17, 15) is 9.18 Å². The quantitative estimate of drug-likeness (QED) is 0.755. The molecule has 0 bridgehead atoms. The summed E-state index contributed by atoms with van der Waals surface area (Å²) in [6, 6.07) is 11.4. The molecular weight excluding hydrogens is 335 g/mol. The Bertz CT molecular complexity index is 734. The van der Waals surface area contributed by atoms with Gasteiger partial charge in [-0.25, -0.2) is 4.39 Å². The van der Waals surface area contributed by atoms with Crippen LogP contribution in [0.5, 0.6) is 11.5 Å². The molecule has 0 radical (unpaired) electrons. The highest BCUT2D eigenvalue weighted by Gasteiger charge is 2.21. The fourth-order valence-electron chi connectivity index (χ4n) is 2.60. The number of quaternary nitrogens is 1. The Labute approximate surface area is 153 Å². The summed E-state index contributed by atoms with van der Waals surface area (Å²) in [6.07, 6.45) is 0.806. The average molecular weight is 361 g/mol. The van der Waals surface area contributed by atoms with Gasteiger partial charge in [0.1, 0.15) is 5.82 Å². The van der Waals surface area contributed by atoms with Crippen molar-refractivity contribution in [1.82, 2.24) is 0 Å². The monoisotopic (exact) mass is 361 g/mol. The van der Waals surface area contributed by atoms with E-state index in [0.717, 1.165) is 23.4 Å². The van der Waals surface area contributed by atoms with E-state index in [4.69, 9.17) is 9.47 Å². The molecule has 0 aromatic heterocycles. The second-order valence-corrected chi connectivity index (χ2v) is 6.25. The molecule has 0 aliphatic carbocycles. The number of hydrogen-bond acceptors (Lipinski definition) is 3. The predicted octanol–water partition coefficient (Wildman–Crippen LogP) is 1.93. The highest BCUT2D eigenvalue weighted by molar-refractivity contribution is 5.93. The number of carbonyl (C=O) groups excluding carboxylic acids is 1. The van der Waals surface area contributed by atoms with Crippen molar-refractivity contribution < 1.29 is 23.6 Å². The Balaban J connectivity index is 1.91. The van der Waals surface area contributed by atoms with Crippen molar-refractivity contribution in [2.24, 2.45) is 0 Å². The first-order chi connectivity index (χ1) is 12.4. The molecule has 0 aliphatic heterocycles. The van der Waals surface area contributed by atoms with Gasteiger partial charge >= 0.3 is 0 Å². The molecule has 0 saturated carbocycles. The molecule has 2 N–H and O–H groups in total. The van der Waals surface area contributed by atoms with Gasteiger partial charge in [0.25, 0.3) is 5.91 Å². The third-order valence-electron chi connectivity index (χ3n) is 4.50. The van der Waals surface area contributed by atoms with Crippen LogP contribution in [0.3, 0.4) is 0 Å². The molecule has 0 fully saturated rings. The Hall–Kier alpha value is -2.60. The number of hydrogen-bond donors (Lipinski definition) is 2. The standard InChI is InChI=1S/C20H25FN2O3/c1-14(20(24)22-17-8-6-16(21)7-9-17)23(2)12-11-15-5-10-18(25-3)19(13-15)26-4/h5-10,13-14H,11-12H2,1-4H3,(H,22,24)/p+1/t14-/m1/s1.